The number of para-hydroxylation sites is 1. The van der Waals surface area contributed by atoms with Crippen LogP contribution in [0.1, 0.15) is 11.1 Å². The molecule has 0 spiro atoms. The van der Waals surface area contributed by atoms with Crippen molar-refractivity contribution in [3.63, 3.8) is 0 Å². The second kappa shape index (κ2) is 9.37. The normalized spacial score (nSPS) is 18.9. The Kier molecular flexibility index (Phi) is 6.41. The Balaban J connectivity index is 1.41. The summed E-state index contributed by atoms with van der Waals surface area (Å²) in [6.45, 7) is 6.68. The molecule has 0 atom stereocenters. The van der Waals surface area contributed by atoms with E-state index in [1.54, 1.807) is 31.1 Å². The molecule has 0 aromatic heterocycles. The molecule has 1 heterocycles. The van der Waals surface area contributed by atoms with Crippen LogP contribution in [0, 0.1) is 0 Å². The van der Waals surface area contributed by atoms with Crippen LogP contribution in [0.2, 0.25) is 0 Å². The highest BCUT2D eigenvalue weighted by atomic mass is 16.5. The summed E-state index contributed by atoms with van der Waals surface area (Å²) in [7, 11) is 5.16. The zero-order valence-electron chi connectivity index (χ0n) is 18.2. The summed E-state index contributed by atoms with van der Waals surface area (Å²) in [5.74, 6) is 2.63. The number of quaternary nitrogens is 2. The average molecular weight is 409 g/mol. The van der Waals surface area contributed by atoms with E-state index < -0.39 is 0 Å². The molecule has 0 aliphatic carbocycles. The van der Waals surface area contributed by atoms with Crippen LogP contribution in [0.3, 0.4) is 0 Å². The molecule has 1 aliphatic rings. The van der Waals surface area contributed by atoms with E-state index in [0.29, 0.717) is 0 Å². The number of ether oxygens (including phenoxy) is 3. The van der Waals surface area contributed by atoms with E-state index in [1.807, 2.05) is 12.1 Å². The van der Waals surface area contributed by atoms with Crippen LogP contribution in [-0.4, -0.2) is 47.5 Å². The second-order valence-electron chi connectivity index (χ2n) is 7.98. The van der Waals surface area contributed by atoms with Gasteiger partial charge in [0, 0.05) is 10.9 Å². The highest BCUT2D eigenvalue weighted by Crippen LogP contribution is 2.30. The average Bonchev–Trinajstić information content (AvgIpc) is 2.80. The van der Waals surface area contributed by atoms with Gasteiger partial charge in [-0.25, -0.2) is 0 Å². The molecule has 3 aromatic carbocycles. The van der Waals surface area contributed by atoms with E-state index in [1.165, 1.54) is 35.0 Å². The van der Waals surface area contributed by atoms with Crippen LogP contribution in [-0.2, 0) is 13.1 Å². The number of rotatable bonds is 7. The van der Waals surface area contributed by atoms with Crippen molar-refractivity contribution in [2.24, 2.45) is 0 Å². The summed E-state index contributed by atoms with van der Waals surface area (Å²) in [6, 6.07) is 19.0. The van der Waals surface area contributed by atoms with Crippen LogP contribution >= 0.6 is 0 Å². The summed E-state index contributed by atoms with van der Waals surface area (Å²) in [4.78, 5) is 3.25. The highest BCUT2D eigenvalue weighted by molar-refractivity contribution is 5.90. The van der Waals surface area contributed by atoms with Gasteiger partial charge in [-0.3, -0.25) is 0 Å². The maximum Gasteiger partial charge on any atom is 0.169 e. The van der Waals surface area contributed by atoms with E-state index >= 15 is 0 Å². The van der Waals surface area contributed by atoms with Crippen molar-refractivity contribution in [3.05, 3.63) is 65.7 Å². The molecule has 5 nitrogen and oxygen atoms in total. The van der Waals surface area contributed by atoms with Gasteiger partial charge in [-0.15, -0.1) is 0 Å². The second-order valence-corrected chi connectivity index (χ2v) is 7.98. The van der Waals surface area contributed by atoms with Gasteiger partial charge >= 0.3 is 0 Å². The summed E-state index contributed by atoms with van der Waals surface area (Å²) >= 11 is 0. The Morgan fingerprint density at radius 2 is 1.23 bits per heavy atom. The van der Waals surface area contributed by atoms with Gasteiger partial charge in [-0.1, -0.05) is 30.3 Å². The Labute approximate surface area is 178 Å². The molecular formula is C25H32N2O3+2. The minimum absolute atomic E-state index is 0.810. The molecule has 5 heteroatoms. The zero-order chi connectivity index (χ0) is 20.9. The van der Waals surface area contributed by atoms with Gasteiger partial charge < -0.3 is 24.0 Å². The first-order valence-corrected chi connectivity index (χ1v) is 10.6. The van der Waals surface area contributed by atoms with E-state index in [0.717, 1.165) is 43.4 Å². The molecule has 4 rings (SSSR count). The Morgan fingerprint density at radius 3 is 1.87 bits per heavy atom. The number of methoxy groups -OCH3 is 3. The Bertz CT molecular complexity index is 997. The molecule has 0 saturated carbocycles. The third-order valence-corrected chi connectivity index (χ3v) is 6.22. The molecule has 1 saturated heterocycles. The van der Waals surface area contributed by atoms with Crippen molar-refractivity contribution >= 4 is 10.8 Å². The minimum atomic E-state index is 0.810. The van der Waals surface area contributed by atoms with Crippen LogP contribution in [0.5, 0.6) is 17.2 Å². The Morgan fingerprint density at radius 1 is 0.600 bits per heavy atom. The number of fused-ring (bicyclic) bond motifs is 1. The lowest BCUT2D eigenvalue weighted by atomic mass is 10.0. The fourth-order valence-corrected chi connectivity index (χ4v) is 4.61. The first-order valence-electron chi connectivity index (χ1n) is 10.6. The van der Waals surface area contributed by atoms with Crippen molar-refractivity contribution in [3.8, 4) is 17.2 Å². The molecule has 0 unspecified atom stereocenters. The van der Waals surface area contributed by atoms with Crippen LogP contribution < -0.4 is 24.0 Å². The molecule has 1 aliphatic heterocycles. The fraction of sp³-hybridized carbons (Fsp3) is 0.360. The first kappa shape index (κ1) is 20.5. The number of hydrogen-bond donors (Lipinski definition) is 2. The summed E-state index contributed by atoms with van der Waals surface area (Å²) in [6.07, 6.45) is 0. The fourth-order valence-electron chi connectivity index (χ4n) is 4.61. The van der Waals surface area contributed by atoms with Crippen molar-refractivity contribution in [1.82, 2.24) is 0 Å². The van der Waals surface area contributed by atoms with Crippen molar-refractivity contribution in [2.75, 3.05) is 47.5 Å². The third kappa shape index (κ3) is 4.23. The molecule has 158 valence electrons. The predicted octanol–water partition coefficient (Wildman–Crippen LogP) is 1.35. The first-order chi connectivity index (χ1) is 14.7. The van der Waals surface area contributed by atoms with Gasteiger partial charge in [0.1, 0.15) is 45.0 Å². The van der Waals surface area contributed by atoms with Crippen LogP contribution in [0.4, 0.5) is 0 Å². The number of nitrogens with one attached hydrogen (secondary N) is 2. The molecule has 1 fully saturated rings. The monoisotopic (exact) mass is 408 g/mol. The largest absolute Gasteiger partial charge is 0.496 e. The lowest BCUT2D eigenvalue weighted by Gasteiger charge is -2.30. The zero-order valence-corrected chi connectivity index (χ0v) is 18.2. The lowest BCUT2D eigenvalue weighted by molar-refractivity contribution is -1.02. The number of hydrogen-bond acceptors (Lipinski definition) is 3. The number of benzene rings is 3. The predicted molar refractivity (Wildman–Crippen MR) is 119 cm³/mol. The van der Waals surface area contributed by atoms with Crippen LogP contribution in [0.15, 0.2) is 54.6 Å². The SMILES string of the molecule is COc1cccc(C[NH+]2CC[NH+](Cc3ccc(OC)c4ccccc34)CC2)c1OC. The molecular weight excluding hydrogens is 376 g/mol. The minimum Gasteiger partial charge on any atom is -0.496 e. The smallest absolute Gasteiger partial charge is 0.169 e. The molecule has 3 aromatic rings. The maximum absolute atomic E-state index is 5.62. The topological polar surface area (TPSA) is 36.6 Å². The Hall–Kier alpha value is -2.76. The quantitative estimate of drug-likeness (QED) is 0.620. The summed E-state index contributed by atoms with van der Waals surface area (Å²) in [5.41, 5.74) is 2.62. The van der Waals surface area contributed by atoms with Gasteiger partial charge in [-0.05, 0) is 29.7 Å². The van der Waals surface area contributed by atoms with Gasteiger partial charge in [0.15, 0.2) is 11.5 Å². The molecule has 0 amide bonds. The van der Waals surface area contributed by atoms with E-state index in [9.17, 15) is 0 Å². The molecule has 0 radical (unpaired) electrons. The number of piperazine rings is 1. The lowest BCUT2D eigenvalue weighted by Crippen LogP contribution is -3.27. The third-order valence-electron chi connectivity index (χ3n) is 6.22. The molecule has 30 heavy (non-hydrogen) atoms. The molecule has 2 N–H and O–H groups in total. The van der Waals surface area contributed by atoms with E-state index in [4.69, 9.17) is 14.2 Å². The van der Waals surface area contributed by atoms with Crippen molar-refractivity contribution in [2.45, 2.75) is 13.1 Å². The summed E-state index contributed by atoms with van der Waals surface area (Å²) < 4.78 is 16.6. The standard InChI is InChI=1S/C25H30N2O3/c1-28-23-12-11-19(21-8-4-5-9-22(21)23)17-26-13-15-27(16-14-26)18-20-7-6-10-24(29-2)25(20)30-3/h4-12H,13-18H2,1-3H3/p+2. The van der Waals surface area contributed by atoms with Gasteiger partial charge in [0.05, 0.1) is 26.9 Å². The van der Waals surface area contributed by atoms with Crippen molar-refractivity contribution < 1.29 is 24.0 Å². The van der Waals surface area contributed by atoms with Gasteiger partial charge in [-0.2, -0.15) is 0 Å². The van der Waals surface area contributed by atoms with E-state index in [2.05, 4.69) is 42.5 Å². The maximum atomic E-state index is 5.62. The van der Waals surface area contributed by atoms with Crippen molar-refractivity contribution in [1.29, 1.82) is 0 Å². The van der Waals surface area contributed by atoms with Crippen LogP contribution in [0.25, 0.3) is 10.8 Å². The van der Waals surface area contributed by atoms with Gasteiger partial charge in [0.2, 0.25) is 0 Å². The van der Waals surface area contributed by atoms with Gasteiger partial charge in [0.25, 0.3) is 0 Å². The van der Waals surface area contributed by atoms with E-state index in [-0.39, 0.29) is 0 Å². The highest BCUT2D eigenvalue weighted by Gasteiger charge is 2.25. The molecule has 0 bridgehead atoms. The summed E-state index contributed by atoms with van der Waals surface area (Å²) in [5, 5.41) is 2.51.